The fourth-order valence-corrected chi connectivity index (χ4v) is 1.43. The molecule has 7 nitrogen and oxygen atoms in total. The maximum atomic E-state index is 5.11. The van der Waals surface area contributed by atoms with Crippen LogP contribution in [0.15, 0.2) is 23.8 Å². The van der Waals surface area contributed by atoms with Gasteiger partial charge in [-0.2, -0.15) is 0 Å². The highest BCUT2D eigenvalue weighted by Gasteiger charge is 2.05. The molecule has 0 fully saturated rings. The molecule has 110 valence electrons. The van der Waals surface area contributed by atoms with Gasteiger partial charge in [0, 0.05) is 38.1 Å². The predicted octanol–water partition coefficient (Wildman–Crippen LogP) is 1.12. The summed E-state index contributed by atoms with van der Waals surface area (Å²) < 4.78 is 5.11. The minimum atomic E-state index is 0.219. The van der Waals surface area contributed by atoms with Gasteiger partial charge in [-0.1, -0.05) is 5.16 Å². The standard InChI is InChI=1S/C13H21N5O2/c1-4-18-20-6-5-11-7-13(17-10-16-11)15-8-12(14-2)9-19-3/h4-7,10,12,14H,8-9H2,1-3H3,(H,15,16,17)/b6-5+,18-4+/t12-/m1/s1. The summed E-state index contributed by atoms with van der Waals surface area (Å²) in [6.45, 7) is 3.12. The van der Waals surface area contributed by atoms with Crippen molar-refractivity contribution >= 4 is 18.1 Å². The first-order chi connectivity index (χ1) is 9.80. The number of anilines is 1. The van der Waals surface area contributed by atoms with Gasteiger partial charge in [0.05, 0.1) is 12.3 Å². The fraction of sp³-hybridized carbons (Fsp3) is 0.462. The summed E-state index contributed by atoms with van der Waals surface area (Å²) in [7, 11) is 3.57. The van der Waals surface area contributed by atoms with Gasteiger partial charge in [-0.05, 0) is 14.0 Å². The van der Waals surface area contributed by atoms with Crippen LogP contribution >= 0.6 is 0 Å². The van der Waals surface area contributed by atoms with Crippen molar-refractivity contribution in [3.05, 3.63) is 24.3 Å². The lowest BCUT2D eigenvalue weighted by Crippen LogP contribution is -2.36. The molecule has 2 N–H and O–H groups in total. The van der Waals surface area contributed by atoms with Crippen LogP contribution in [-0.2, 0) is 9.57 Å². The lowest BCUT2D eigenvalue weighted by molar-refractivity contribution is 0.173. The van der Waals surface area contributed by atoms with Gasteiger partial charge < -0.3 is 20.2 Å². The molecule has 0 amide bonds. The van der Waals surface area contributed by atoms with E-state index in [0.29, 0.717) is 13.2 Å². The smallest absolute Gasteiger partial charge is 0.129 e. The molecule has 0 aliphatic carbocycles. The van der Waals surface area contributed by atoms with E-state index in [-0.39, 0.29) is 6.04 Å². The molecule has 0 bridgehead atoms. The summed E-state index contributed by atoms with van der Waals surface area (Å²) in [4.78, 5) is 13.1. The molecule has 0 aliphatic heterocycles. The molecule has 0 saturated carbocycles. The van der Waals surface area contributed by atoms with Gasteiger partial charge in [0.15, 0.2) is 0 Å². The summed E-state index contributed by atoms with van der Waals surface area (Å²) in [5.74, 6) is 0.745. The number of rotatable bonds is 9. The molecule has 1 rings (SSSR count). The molecular weight excluding hydrogens is 258 g/mol. The Balaban J connectivity index is 2.52. The van der Waals surface area contributed by atoms with Crippen molar-refractivity contribution in [3.8, 4) is 0 Å². The van der Waals surface area contributed by atoms with Crippen LogP contribution in [0.1, 0.15) is 12.6 Å². The molecule has 1 aromatic heterocycles. The highest BCUT2D eigenvalue weighted by Crippen LogP contribution is 2.05. The molecule has 0 spiro atoms. The van der Waals surface area contributed by atoms with Crippen LogP contribution in [-0.4, -0.2) is 49.5 Å². The first-order valence-corrected chi connectivity index (χ1v) is 6.32. The zero-order valence-corrected chi connectivity index (χ0v) is 12.0. The minimum Gasteiger partial charge on any atom is -0.383 e. The number of ether oxygens (including phenoxy) is 1. The van der Waals surface area contributed by atoms with E-state index < -0.39 is 0 Å². The van der Waals surface area contributed by atoms with Crippen LogP contribution in [0.4, 0.5) is 5.82 Å². The number of aromatic nitrogens is 2. The van der Waals surface area contributed by atoms with Crippen molar-refractivity contribution in [2.75, 3.05) is 32.6 Å². The third-order valence-electron chi connectivity index (χ3n) is 2.46. The van der Waals surface area contributed by atoms with Crippen molar-refractivity contribution in [1.82, 2.24) is 15.3 Å². The van der Waals surface area contributed by atoms with Gasteiger partial charge in [0.1, 0.15) is 18.4 Å². The lowest BCUT2D eigenvalue weighted by Gasteiger charge is -2.16. The molecule has 0 aliphatic rings. The van der Waals surface area contributed by atoms with Gasteiger partial charge in [-0.15, -0.1) is 0 Å². The quantitative estimate of drug-likeness (QED) is 0.400. The van der Waals surface area contributed by atoms with Gasteiger partial charge in [0.2, 0.25) is 0 Å². The van der Waals surface area contributed by atoms with E-state index in [1.807, 2.05) is 13.1 Å². The maximum Gasteiger partial charge on any atom is 0.129 e. The van der Waals surface area contributed by atoms with Crippen LogP contribution in [0.2, 0.25) is 0 Å². The van der Waals surface area contributed by atoms with E-state index in [1.54, 1.807) is 26.3 Å². The molecule has 0 saturated heterocycles. The van der Waals surface area contributed by atoms with Gasteiger partial charge in [-0.3, -0.25) is 0 Å². The number of methoxy groups -OCH3 is 1. The van der Waals surface area contributed by atoms with Crippen molar-refractivity contribution in [1.29, 1.82) is 0 Å². The number of nitrogens with zero attached hydrogens (tertiary/aromatic N) is 3. The van der Waals surface area contributed by atoms with Crippen LogP contribution in [0.5, 0.6) is 0 Å². The van der Waals surface area contributed by atoms with Gasteiger partial charge in [-0.25, -0.2) is 9.97 Å². The van der Waals surface area contributed by atoms with Gasteiger partial charge in [0.25, 0.3) is 0 Å². The SMILES string of the molecule is C/C=N/O/C=C/c1cc(NC[C@H](COC)NC)ncn1. The van der Waals surface area contributed by atoms with Crippen LogP contribution in [0, 0.1) is 0 Å². The molecule has 1 atom stereocenters. The Morgan fingerprint density at radius 1 is 1.45 bits per heavy atom. The summed E-state index contributed by atoms with van der Waals surface area (Å²) in [6.07, 6.45) is 6.23. The second kappa shape index (κ2) is 9.88. The van der Waals surface area contributed by atoms with E-state index in [0.717, 1.165) is 11.5 Å². The normalized spacial score (nSPS) is 12.9. The number of oxime groups is 1. The molecule has 1 heterocycles. The molecule has 0 radical (unpaired) electrons. The topological polar surface area (TPSA) is 80.7 Å². The average molecular weight is 279 g/mol. The fourth-order valence-electron chi connectivity index (χ4n) is 1.43. The Bertz CT molecular complexity index is 437. The van der Waals surface area contributed by atoms with Crippen LogP contribution < -0.4 is 10.6 Å². The first-order valence-electron chi connectivity index (χ1n) is 6.32. The Morgan fingerprint density at radius 3 is 3.00 bits per heavy atom. The van der Waals surface area contributed by atoms with Crippen molar-refractivity contribution in [2.45, 2.75) is 13.0 Å². The third-order valence-corrected chi connectivity index (χ3v) is 2.46. The molecule has 0 unspecified atom stereocenters. The highest BCUT2D eigenvalue weighted by atomic mass is 16.6. The molecular formula is C13H21N5O2. The Labute approximate surface area is 119 Å². The Kier molecular flexibility index (Phi) is 7.93. The molecule has 7 heteroatoms. The highest BCUT2D eigenvalue weighted by molar-refractivity contribution is 5.52. The predicted molar refractivity (Wildman–Crippen MR) is 79.5 cm³/mol. The van der Waals surface area contributed by atoms with Crippen LogP contribution in [0.3, 0.4) is 0 Å². The molecule has 1 aromatic rings. The van der Waals surface area contributed by atoms with E-state index in [2.05, 4.69) is 25.8 Å². The van der Waals surface area contributed by atoms with Crippen molar-refractivity contribution in [2.24, 2.45) is 5.16 Å². The van der Waals surface area contributed by atoms with E-state index >= 15 is 0 Å². The maximum absolute atomic E-state index is 5.11. The second-order valence-corrected chi connectivity index (χ2v) is 3.92. The second-order valence-electron chi connectivity index (χ2n) is 3.92. The molecule has 20 heavy (non-hydrogen) atoms. The van der Waals surface area contributed by atoms with Crippen molar-refractivity contribution in [3.63, 3.8) is 0 Å². The number of likely N-dealkylation sites (N-methyl/N-ethyl adjacent to an activating group) is 1. The molecule has 0 aromatic carbocycles. The van der Waals surface area contributed by atoms with Crippen molar-refractivity contribution < 1.29 is 9.57 Å². The Morgan fingerprint density at radius 2 is 2.30 bits per heavy atom. The van der Waals surface area contributed by atoms with Gasteiger partial charge >= 0.3 is 0 Å². The van der Waals surface area contributed by atoms with E-state index in [4.69, 9.17) is 9.57 Å². The van der Waals surface area contributed by atoms with E-state index in [9.17, 15) is 0 Å². The summed E-state index contributed by atoms with van der Waals surface area (Å²) in [6, 6.07) is 2.05. The summed E-state index contributed by atoms with van der Waals surface area (Å²) >= 11 is 0. The largest absolute Gasteiger partial charge is 0.383 e. The summed E-state index contributed by atoms with van der Waals surface area (Å²) in [5, 5.41) is 9.99. The number of nitrogens with one attached hydrogen (secondary N) is 2. The minimum absolute atomic E-state index is 0.219. The third kappa shape index (κ3) is 6.26. The average Bonchev–Trinajstić information content (AvgIpc) is 2.48. The zero-order valence-electron chi connectivity index (χ0n) is 12.0. The number of hydrogen-bond acceptors (Lipinski definition) is 7. The Hall–Kier alpha value is -1.99. The van der Waals surface area contributed by atoms with Crippen LogP contribution in [0.25, 0.3) is 6.08 Å². The lowest BCUT2D eigenvalue weighted by atomic mass is 10.3. The van der Waals surface area contributed by atoms with E-state index in [1.165, 1.54) is 12.6 Å². The summed E-state index contributed by atoms with van der Waals surface area (Å²) in [5.41, 5.74) is 0.738. The monoisotopic (exact) mass is 279 g/mol. The zero-order chi connectivity index (χ0) is 14.6. The first kappa shape index (κ1) is 16.1. The number of hydrogen-bond donors (Lipinski definition) is 2.